The minimum Gasteiger partial charge on any atom is -0.347 e. The Morgan fingerprint density at radius 1 is 1.55 bits per heavy atom. The second kappa shape index (κ2) is 4.62. The van der Waals surface area contributed by atoms with E-state index in [1.165, 1.54) is 0 Å². The standard InChI is InChI=1S/C7H14N2O.H2S/c1-9(2)7(10)6-4-3-5-8-6;/h6,8H,3-5H2,1-2H3;1H2/t6-;/m0./s1. The summed E-state index contributed by atoms with van der Waals surface area (Å²) in [6.45, 7) is 0.990. The van der Waals surface area contributed by atoms with Crippen LogP contribution in [0.1, 0.15) is 12.8 Å². The molecule has 4 heteroatoms. The summed E-state index contributed by atoms with van der Waals surface area (Å²) in [5.41, 5.74) is 0. The van der Waals surface area contributed by atoms with E-state index in [9.17, 15) is 4.79 Å². The Kier molecular flexibility index (Phi) is 4.52. The average molecular weight is 176 g/mol. The van der Waals surface area contributed by atoms with Crippen LogP contribution in [-0.2, 0) is 4.79 Å². The van der Waals surface area contributed by atoms with Crippen LogP contribution in [0.25, 0.3) is 0 Å². The van der Waals surface area contributed by atoms with E-state index < -0.39 is 0 Å². The normalized spacial score (nSPS) is 22.5. The second-order valence-corrected chi connectivity index (χ2v) is 2.88. The third-order valence-electron chi connectivity index (χ3n) is 1.80. The van der Waals surface area contributed by atoms with Crippen molar-refractivity contribution in [2.75, 3.05) is 20.6 Å². The van der Waals surface area contributed by atoms with Crippen LogP contribution in [0.3, 0.4) is 0 Å². The summed E-state index contributed by atoms with van der Waals surface area (Å²) in [5.74, 6) is 0.206. The summed E-state index contributed by atoms with van der Waals surface area (Å²) >= 11 is 0. The number of carbonyl (C=O) groups is 1. The van der Waals surface area contributed by atoms with Gasteiger partial charge in [-0.2, -0.15) is 13.5 Å². The van der Waals surface area contributed by atoms with Crippen molar-refractivity contribution in [3.8, 4) is 0 Å². The summed E-state index contributed by atoms with van der Waals surface area (Å²) in [5, 5.41) is 3.15. The Hall–Kier alpha value is -0.220. The van der Waals surface area contributed by atoms with E-state index in [1.54, 1.807) is 19.0 Å². The SMILES string of the molecule is CN(C)C(=O)[C@@H]1CCCN1.S. The molecule has 1 saturated heterocycles. The fourth-order valence-corrected chi connectivity index (χ4v) is 1.21. The van der Waals surface area contributed by atoms with Crippen molar-refractivity contribution in [1.29, 1.82) is 0 Å². The van der Waals surface area contributed by atoms with E-state index in [0.717, 1.165) is 19.4 Å². The van der Waals surface area contributed by atoms with Gasteiger partial charge in [0.25, 0.3) is 0 Å². The Morgan fingerprint density at radius 2 is 2.18 bits per heavy atom. The van der Waals surface area contributed by atoms with Crippen molar-refractivity contribution in [2.24, 2.45) is 0 Å². The minimum absolute atomic E-state index is 0. The Balaban J connectivity index is 0.000001000. The highest BCUT2D eigenvalue weighted by Crippen LogP contribution is 2.06. The molecule has 0 bridgehead atoms. The van der Waals surface area contributed by atoms with Gasteiger partial charge in [-0.25, -0.2) is 0 Å². The maximum atomic E-state index is 11.2. The van der Waals surface area contributed by atoms with Crippen LogP contribution >= 0.6 is 13.5 Å². The van der Waals surface area contributed by atoms with Gasteiger partial charge in [0.05, 0.1) is 6.04 Å². The smallest absolute Gasteiger partial charge is 0.239 e. The van der Waals surface area contributed by atoms with Gasteiger partial charge in [0.2, 0.25) is 5.91 Å². The lowest BCUT2D eigenvalue weighted by atomic mass is 10.2. The van der Waals surface area contributed by atoms with Crippen molar-refractivity contribution in [1.82, 2.24) is 10.2 Å². The van der Waals surface area contributed by atoms with Gasteiger partial charge in [0.1, 0.15) is 0 Å². The van der Waals surface area contributed by atoms with Crippen molar-refractivity contribution in [2.45, 2.75) is 18.9 Å². The lowest BCUT2D eigenvalue weighted by molar-refractivity contribution is -0.130. The van der Waals surface area contributed by atoms with Gasteiger partial charge in [0, 0.05) is 14.1 Å². The van der Waals surface area contributed by atoms with Crippen LogP contribution in [0.2, 0.25) is 0 Å². The molecule has 0 unspecified atom stereocenters. The average Bonchev–Trinajstić information content (AvgIpc) is 2.36. The molecule has 11 heavy (non-hydrogen) atoms. The quantitative estimate of drug-likeness (QED) is 0.607. The van der Waals surface area contributed by atoms with Gasteiger partial charge in [-0.15, -0.1) is 0 Å². The zero-order valence-electron chi connectivity index (χ0n) is 7.05. The molecule has 1 aliphatic heterocycles. The highest BCUT2D eigenvalue weighted by atomic mass is 32.1. The van der Waals surface area contributed by atoms with Crippen molar-refractivity contribution in [3.05, 3.63) is 0 Å². The first-order chi connectivity index (χ1) is 4.72. The molecular formula is C7H16N2OS. The van der Waals surface area contributed by atoms with Gasteiger partial charge in [-0.05, 0) is 19.4 Å². The number of hydrogen-bond donors (Lipinski definition) is 1. The van der Waals surface area contributed by atoms with Crippen LogP contribution in [0.4, 0.5) is 0 Å². The van der Waals surface area contributed by atoms with Crippen LogP contribution in [0.15, 0.2) is 0 Å². The van der Waals surface area contributed by atoms with Gasteiger partial charge in [-0.3, -0.25) is 4.79 Å². The molecule has 0 aromatic rings. The van der Waals surface area contributed by atoms with Gasteiger partial charge in [0.15, 0.2) is 0 Å². The largest absolute Gasteiger partial charge is 0.347 e. The van der Waals surface area contributed by atoms with Crippen molar-refractivity contribution >= 4 is 19.4 Å². The monoisotopic (exact) mass is 176 g/mol. The van der Waals surface area contributed by atoms with E-state index in [0.29, 0.717) is 0 Å². The first-order valence-electron chi connectivity index (χ1n) is 3.66. The molecule has 66 valence electrons. The Labute approximate surface area is 74.6 Å². The topological polar surface area (TPSA) is 32.3 Å². The van der Waals surface area contributed by atoms with E-state index >= 15 is 0 Å². The lowest BCUT2D eigenvalue weighted by Crippen LogP contribution is -2.39. The van der Waals surface area contributed by atoms with Crippen molar-refractivity contribution < 1.29 is 4.79 Å². The highest BCUT2D eigenvalue weighted by Gasteiger charge is 2.22. The van der Waals surface area contributed by atoms with Crippen molar-refractivity contribution in [3.63, 3.8) is 0 Å². The Bertz CT molecular complexity index is 132. The molecule has 1 heterocycles. The summed E-state index contributed by atoms with van der Waals surface area (Å²) in [6.07, 6.45) is 2.13. The number of likely N-dealkylation sites (N-methyl/N-ethyl adjacent to an activating group) is 1. The fourth-order valence-electron chi connectivity index (χ4n) is 1.21. The molecule has 0 saturated carbocycles. The van der Waals surface area contributed by atoms with Crippen LogP contribution in [0, 0.1) is 0 Å². The van der Waals surface area contributed by atoms with Gasteiger partial charge < -0.3 is 10.2 Å². The van der Waals surface area contributed by atoms with Gasteiger partial charge >= 0.3 is 0 Å². The number of nitrogens with one attached hydrogen (secondary N) is 1. The Morgan fingerprint density at radius 3 is 2.55 bits per heavy atom. The first kappa shape index (κ1) is 10.8. The number of amides is 1. The number of nitrogens with zero attached hydrogens (tertiary/aromatic N) is 1. The number of carbonyl (C=O) groups excluding carboxylic acids is 1. The van der Waals surface area contributed by atoms with Gasteiger partial charge in [-0.1, -0.05) is 0 Å². The maximum Gasteiger partial charge on any atom is 0.239 e. The maximum absolute atomic E-state index is 11.2. The molecule has 0 aromatic carbocycles. The summed E-state index contributed by atoms with van der Waals surface area (Å²) < 4.78 is 0. The zero-order valence-corrected chi connectivity index (χ0v) is 8.05. The summed E-state index contributed by atoms with van der Waals surface area (Å²) in [7, 11) is 3.59. The highest BCUT2D eigenvalue weighted by molar-refractivity contribution is 7.59. The molecule has 1 N–H and O–H groups in total. The third-order valence-corrected chi connectivity index (χ3v) is 1.80. The van der Waals surface area contributed by atoms with E-state index in [-0.39, 0.29) is 25.4 Å². The molecule has 1 amide bonds. The summed E-state index contributed by atoms with van der Waals surface area (Å²) in [4.78, 5) is 12.9. The molecule has 0 aliphatic carbocycles. The molecule has 1 aliphatic rings. The molecule has 0 aromatic heterocycles. The molecule has 1 atom stereocenters. The summed E-state index contributed by atoms with van der Waals surface area (Å²) in [6, 6.07) is 0.0926. The molecule has 0 spiro atoms. The van der Waals surface area contributed by atoms with Crippen LogP contribution < -0.4 is 5.32 Å². The van der Waals surface area contributed by atoms with E-state index in [4.69, 9.17) is 0 Å². The fraction of sp³-hybridized carbons (Fsp3) is 0.857. The van der Waals surface area contributed by atoms with Crippen LogP contribution in [-0.4, -0.2) is 37.5 Å². The van der Waals surface area contributed by atoms with Crippen LogP contribution in [0.5, 0.6) is 0 Å². The van der Waals surface area contributed by atoms with E-state index in [1.807, 2.05) is 0 Å². The molecule has 0 radical (unpaired) electrons. The zero-order chi connectivity index (χ0) is 7.56. The molecular weight excluding hydrogens is 160 g/mol. The lowest BCUT2D eigenvalue weighted by Gasteiger charge is -2.15. The predicted octanol–water partition coefficient (Wildman–Crippen LogP) is -0.0606. The predicted molar refractivity (Wildman–Crippen MR) is 50.1 cm³/mol. The number of rotatable bonds is 1. The number of hydrogen-bond acceptors (Lipinski definition) is 2. The minimum atomic E-state index is 0. The first-order valence-corrected chi connectivity index (χ1v) is 3.66. The molecule has 3 nitrogen and oxygen atoms in total. The van der Waals surface area contributed by atoms with E-state index in [2.05, 4.69) is 5.32 Å². The molecule has 1 rings (SSSR count). The second-order valence-electron chi connectivity index (χ2n) is 2.88. The third kappa shape index (κ3) is 2.71. The molecule has 1 fully saturated rings.